The quantitative estimate of drug-likeness (QED) is 0.738. The van der Waals surface area contributed by atoms with Gasteiger partial charge in [-0.1, -0.05) is 25.7 Å². The Labute approximate surface area is 109 Å². The molecule has 0 aliphatic carbocycles. The van der Waals surface area contributed by atoms with Crippen molar-refractivity contribution in [3.05, 3.63) is 23.3 Å². The summed E-state index contributed by atoms with van der Waals surface area (Å²) in [6.45, 7) is 6.68. The maximum absolute atomic E-state index is 5.56. The highest BCUT2D eigenvalue weighted by Gasteiger charge is 2.12. The fraction of sp³-hybridized carbons (Fsp3) is 0.375. The Hall–Kier alpha value is -2.06. The lowest BCUT2D eigenvalue weighted by molar-refractivity contribution is 0.353. The van der Waals surface area contributed by atoms with Crippen LogP contribution in [-0.4, -0.2) is 13.2 Å². The number of terminal acetylenes is 2. The fourth-order valence-corrected chi connectivity index (χ4v) is 1.65. The predicted molar refractivity (Wildman–Crippen MR) is 73.9 cm³/mol. The maximum Gasteiger partial charge on any atom is 0.148 e. The molecule has 0 radical (unpaired) electrons. The summed E-state index contributed by atoms with van der Waals surface area (Å²) < 4.78 is 11.1. The lowest BCUT2D eigenvalue weighted by atomic mass is 10.00. The SMILES string of the molecule is C#CCOc1cc(C(C)C)c(OCC#C)cc1C. The Bertz CT molecular complexity index is 487. The fourth-order valence-electron chi connectivity index (χ4n) is 1.65. The lowest BCUT2D eigenvalue weighted by Crippen LogP contribution is -2.03. The molecule has 0 saturated carbocycles. The van der Waals surface area contributed by atoms with Crippen LogP contribution in [0, 0.1) is 31.6 Å². The summed E-state index contributed by atoms with van der Waals surface area (Å²) in [7, 11) is 0. The summed E-state index contributed by atoms with van der Waals surface area (Å²) in [5, 5.41) is 0. The molecule has 94 valence electrons. The highest BCUT2D eigenvalue weighted by atomic mass is 16.5. The Morgan fingerprint density at radius 1 is 1.06 bits per heavy atom. The third kappa shape index (κ3) is 3.47. The molecule has 0 aliphatic heterocycles. The Morgan fingerprint density at radius 2 is 1.61 bits per heavy atom. The minimum absolute atomic E-state index is 0.267. The van der Waals surface area contributed by atoms with Crippen LogP contribution in [0.5, 0.6) is 11.5 Å². The minimum atomic E-state index is 0.267. The molecule has 1 aromatic carbocycles. The van der Waals surface area contributed by atoms with E-state index < -0.39 is 0 Å². The summed E-state index contributed by atoms with van der Waals surface area (Å²) in [4.78, 5) is 0. The van der Waals surface area contributed by atoms with Gasteiger partial charge in [0.25, 0.3) is 0 Å². The van der Waals surface area contributed by atoms with E-state index >= 15 is 0 Å². The Kier molecular flexibility index (Phi) is 5.15. The maximum atomic E-state index is 5.56. The number of rotatable bonds is 5. The van der Waals surface area contributed by atoms with Crippen molar-refractivity contribution < 1.29 is 9.47 Å². The van der Waals surface area contributed by atoms with E-state index in [4.69, 9.17) is 22.3 Å². The topological polar surface area (TPSA) is 18.5 Å². The van der Waals surface area contributed by atoms with E-state index in [1.54, 1.807) is 0 Å². The van der Waals surface area contributed by atoms with Crippen LogP contribution in [0.4, 0.5) is 0 Å². The second-order valence-electron chi connectivity index (χ2n) is 4.30. The van der Waals surface area contributed by atoms with Gasteiger partial charge in [0.05, 0.1) is 0 Å². The molecule has 0 fully saturated rings. The van der Waals surface area contributed by atoms with E-state index in [1.807, 2.05) is 19.1 Å². The molecular weight excluding hydrogens is 224 g/mol. The van der Waals surface area contributed by atoms with Crippen LogP contribution in [0.2, 0.25) is 0 Å². The van der Waals surface area contributed by atoms with E-state index in [-0.39, 0.29) is 13.2 Å². The molecule has 1 rings (SSSR count). The van der Waals surface area contributed by atoms with E-state index in [0.717, 1.165) is 22.6 Å². The van der Waals surface area contributed by atoms with Crippen molar-refractivity contribution in [2.75, 3.05) is 13.2 Å². The van der Waals surface area contributed by atoms with Gasteiger partial charge in [-0.15, -0.1) is 12.8 Å². The number of aryl methyl sites for hydroxylation is 1. The molecule has 1 aromatic rings. The summed E-state index contributed by atoms with van der Waals surface area (Å²) in [5.74, 6) is 6.87. The monoisotopic (exact) mass is 242 g/mol. The molecule has 0 unspecified atom stereocenters. The van der Waals surface area contributed by atoms with Gasteiger partial charge < -0.3 is 9.47 Å². The lowest BCUT2D eigenvalue weighted by Gasteiger charge is -2.16. The van der Waals surface area contributed by atoms with Crippen LogP contribution < -0.4 is 9.47 Å². The smallest absolute Gasteiger partial charge is 0.148 e. The van der Waals surface area contributed by atoms with Crippen molar-refractivity contribution in [3.63, 3.8) is 0 Å². The zero-order valence-electron chi connectivity index (χ0n) is 11.1. The molecule has 2 heteroatoms. The van der Waals surface area contributed by atoms with Gasteiger partial charge >= 0.3 is 0 Å². The van der Waals surface area contributed by atoms with Crippen LogP contribution in [0.25, 0.3) is 0 Å². The van der Waals surface area contributed by atoms with Crippen molar-refractivity contribution in [1.29, 1.82) is 0 Å². The molecule has 0 saturated heterocycles. The van der Waals surface area contributed by atoms with Gasteiger partial charge in [-0.25, -0.2) is 0 Å². The molecule has 0 bridgehead atoms. The molecule has 0 heterocycles. The number of benzene rings is 1. The van der Waals surface area contributed by atoms with Gasteiger partial charge in [0, 0.05) is 5.56 Å². The van der Waals surface area contributed by atoms with Crippen molar-refractivity contribution in [1.82, 2.24) is 0 Å². The summed E-state index contributed by atoms with van der Waals surface area (Å²) >= 11 is 0. The number of hydrogen-bond donors (Lipinski definition) is 0. The first-order valence-corrected chi connectivity index (χ1v) is 5.87. The zero-order valence-corrected chi connectivity index (χ0v) is 11.1. The van der Waals surface area contributed by atoms with Gasteiger partial charge in [0.1, 0.15) is 24.7 Å². The van der Waals surface area contributed by atoms with Crippen LogP contribution in [0.3, 0.4) is 0 Å². The van der Waals surface area contributed by atoms with Gasteiger partial charge in [0.15, 0.2) is 0 Å². The van der Waals surface area contributed by atoms with Gasteiger partial charge in [0.2, 0.25) is 0 Å². The Balaban J connectivity index is 3.10. The van der Waals surface area contributed by atoms with Crippen molar-refractivity contribution in [2.24, 2.45) is 0 Å². The normalized spacial score (nSPS) is 9.67. The van der Waals surface area contributed by atoms with Gasteiger partial charge in [-0.3, -0.25) is 0 Å². The minimum Gasteiger partial charge on any atom is -0.481 e. The molecule has 2 nitrogen and oxygen atoms in total. The van der Waals surface area contributed by atoms with Crippen LogP contribution in [-0.2, 0) is 0 Å². The molecule has 0 atom stereocenters. The average molecular weight is 242 g/mol. The molecular formula is C16H18O2. The Morgan fingerprint density at radius 3 is 2.11 bits per heavy atom. The van der Waals surface area contributed by atoms with Crippen LogP contribution in [0.15, 0.2) is 12.1 Å². The molecule has 0 aliphatic rings. The molecule has 0 spiro atoms. The summed E-state index contributed by atoms with van der Waals surface area (Å²) in [6.07, 6.45) is 10.4. The summed E-state index contributed by atoms with van der Waals surface area (Å²) in [5.41, 5.74) is 2.06. The standard InChI is InChI=1S/C16H18O2/c1-6-8-17-15-11-14(12(3)4)16(10-13(15)5)18-9-7-2/h1-2,10-12H,8-9H2,3-5H3. The molecule has 18 heavy (non-hydrogen) atoms. The largest absolute Gasteiger partial charge is 0.481 e. The molecule has 0 amide bonds. The van der Waals surface area contributed by atoms with E-state index in [1.165, 1.54) is 0 Å². The first-order chi connectivity index (χ1) is 8.60. The third-order valence-corrected chi connectivity index (χ3v) is 2.55. The summed E-state index contributed by atoms with van der Waals surface area (Å²) in [6, 6.07) is 3.92. The predicted octanol–water partition coefficient (Wildman–Crippen LogP) is 3.14. The first kappa shape index (κ1) is 14.0. The van der Waals surface area contributed by atoms with Crippen LogP contribution >= 0.6 is 0 Å². The van der Waals surface area contributed by atoms with E-state index in [2.05, 4.69) is 25.7 Å². The highest BCUT2D eigenvalue weighted by molar-refractivity contribution is 5.47. The average Bonchev–Trinajstić information content (AvgIpc) is 2.34. The van der Waals surface area contributed by atoms with E-state index in [0.29, 0.717) is 5.92 Å². The van der Waals surface area contributed by atoms with Crippen molar-refractivity contribution >= 4 is 0 Å². The van der Waals surface area contributed by atoms with Crippen molar-refractivity contribution in [3.8, 4) is 36.2 Å². The number of ether oxygens (including phenoxy) is 2. The third-order valence-electron chi connectivity index (χ3n) is 2.55. The van der Waals surface area contributed by atoms with Gasteiger partial charge in [-0.2, -0.15) is 0 Å². The van der Waals surface area contributed by atoms with Gasteiger partial charge in [-0.05, 0) is 30.5 Å². The number of hydrogen-bond acceptors (Lipinski definition) is 2. The molecule has 0 aromatic heterocycles. The highest BCUT2D eigenvalue weighted by Crippen LogP contribution is 2.33. The second kappa shape index (κ2) is 6.62. The first-order valence-electron chi connectivity index (χ1n) is 5.87. The van der Waals surface area contributed by atoms with Crippen LogP contribution in [0.1, 0.15) is 30.9 Å². The zero-order chi connectivity index (χ0) is 13.5. The van der Waals surface area contributed by atoms with E-state index in [9.17, 15) is 0 Å². The van der Waals surface area contributed by atoms with Crippen molar-refractivity contribution in [2.45, 2.75) is 26.7 Å². The second-order valence-corrected chi connectivity index (χ2v) is 4.30. The molecule has 0 N–H and O–H groups in total.